The van der Waals surface area contributed by atoms with Gasteiger partial charge in [-0.15, -0.1) is 11.3 Å². The number of ether oxygens (including phenoxy) is 1. The van der Waals surface area contributed by atoms with E-state index in [0.717, 1.165) is 36.1 Å². The summed E-state index contributed by atoms with van der Waals surface area (Å²) in [5, 5.41) is 6.88. The summed E-state index contributed by atoms with van der Waals surface area (Å²) in [6, 6.07) is 0. The highest BCUT2D eigenvalue weighted by atomic mass is 32.1. The van der Waals surface area contributed by atoms with Gasteiger partial charge in [-0.1, -0.05) is 19.0 Å². The van der Waals surface area contributed by atoms with Crippen molar-refractivity contribution < 1.29 is 23.6 Å². The molecule has 0 saturated carbocycles. The van der Waals surface area contributed by atoms with Gasteiger partial charge in [-0.2, -0.15) is 0 Å². The lowest BCUT2D eigenvalue weighted by Gasteiger charge is -2.11. The number of nitrogens with zero attached hydrogens (tertiary/aromatic N) is 1. The van der Waals surface area contributed by atoms with Crippen LogP contribution in [-0.2, 0) is 22.4 Å². The van der Waals surface area contributed by atoms with Gasteiger partial charge in [0.2, 0.25) is 0 Å². The normalized spacial score (nSPS) is 13.3. The number of nitrogens with two attached hydrogens (primary N) is 1. The van der Waals surface area contributed by atoms with E-state index in [1.165, 1.54) is 11.3 Å². The summed E-state index contributed by atoms with van der Waals surface area (Å²) in [4.78, 5) is 37.6. The van der Waals surface area contributed by atoms with Crippen molar-refractivity contribution in [3.8, 4) is 0 Å². The Hall–Kier alpha value is -2.68. The SMILES string of the molecule is Cc1noc(C(C)C)c1C(=O)OCC(=O)Nc1sc2c(c1C(N)=O)CCCC2. The number of carbonyl (C=O) groups excluding carboxylic acids is 3. The predicted octanol–water partition coefficient (Wildman–Crippen LogP) is 2.94. The Bertz CT molecular complexity index is 928. The van der Waals surface area contributed by atoms with Gasteiger partial charge < -0.3 is 20.3 Å². The predicted molar refractivity (Wildman–Crippen MR) is 104 cm³/mol. The Kier molecular flexibility index (Phi) is 5.83. The van der Waals surface area contributed by atoms with E-state index >= 15 is 0 Å². The molecule has 8 nitrogen and oxygen atoms in total. The Balaban J connectivity index is 1.69. The van der Waals surface area contributed by atoms with Crippen LogP contribution in [0, 0.1) is 6.92 Å². The van der Waals surface area contributed by atoms with Crippen LogP contribution in [0.2, 0.25) is 0 Å². The third-order valence-electron chi connectivity index (χ3n) is 4.62. The number of aryl methyl sites for hydroxylation is 2. The zero-order chi connectivity index (χ0) is 20.4. The third-order valence-corrected chi connectivity index (χ3v) is 5.83. The molecule has 0 atom stereocenters. The van der Waals surface area contributed by atoms with Gasteiger partial charge in [0.15, 0.2) is 12.4 Å². The molecule has 0 aliphatic heterocycles. The molecule has 2 aromatic rings. The minimum Gasteiger partial charge on any atom is -0.452 e. The van der Waals surface area contributed by atoms with Gasteiger partial charge in [-0.05, 0) is 38.2 Å². The van der Waals surface area contributed by atoms with Crippen molar-refractivity contribution >= 4 is 34.1 Å². The van der Waals surface area contributed by atoms with E-state index in [4.69, 9.17) is 15.0 Å². The number of nitrogens with one attached hydrogen (secondary N) is 1. The molecule has 2 aromatic heterocycles. The number of amides is 2. The highest BCUT2D eigenvalue weighted by Crippen LogP contribution is 2.37. The molecule has 28 heavy (non-hydrogen) atoms. The largest absolute Gasteiger partial charge is 0.452 e. The van der Waals surface area contributed by atoms with Crippen molar-refractivity contribution in [1.82, 2.24) is 5.16 Å². The summed E-state index contributed by atoms with van der Waals surface area (Å²) in [6.45, 7) is 4.89. The standard InChI is InChI=1S/C19H23N3O5S/c1-9(2)16-14(10(3)22-27-16)19(25)26-8-13(23)21-18-15(17(20)24)11-6-4-5-7-12(11)28-18/h9H,4-8H2,1-3H3,(H2,20,24)(H,21,23). The number of thiophene rings is 1. The Morgan fingerprint density at radius 1 is 1.25 bits per heavy atom. The number of esters is 1. The summed E-state index contributed by atoms with van der Waals surface area (Å²) in [5.41, 5.74) is 7.48. The summed E-state index contributed by atoms with van der Waals surface area (Å²) in [6.07, 6.45) is 3.69. The van der Waals surface area contributed by atoms with Crippen molar-refractivity contribution in [3.63, 3.8) is 0 Å². The zero-order valence-corrected chi connectivity index (χ0v) is 16.9. The molecule has 3 N–H and O–H groups in total. The number of carbonyl (C=O) groups is 3. The van der Waals surface area contributed by atoms with Crippen LogP contribution in [0.5, 0.6) is 0 Å². The maximum absolute atomic E-state index is 12.4. The summed E-state index contributed by atoms with van der Waals surface area (Å²) >= 11 is 1.36. The fraction of sp³-hybridized carbons (Fsp3) is 0.474. The number of aromatic nitrogens is 1. The molecule has 0 saturated heterocycles. The van der Waals surface area contributed by atoms with Crippen LogP contribution in [0.15, 0.2) is 4.52 Å². The maximum atomic E-state index is 12.4. The van der Waals surface area contributed by atoms with Gasteiger partial charge in [-0.3, -0.25) is 9.59 Å². The molecule has 2 amide bonds. The first-order valence-corrected chi connectivity index (χ1v) is 9.98. The zero-order valence-electron chi connectivity index (χ0n) is 16.1. The molecule has 1 aliphatic rings. The fourth-order valence-corrected chi connectivity index (χ4v) is 4.62. The molecule has 0 radical (unpaired) electrons. The average Bonchev–Trinajstić information content (AvgIpc) is 3.19. The number of fused-ring (bicyclic) bond motifs is 1. The second-order valence-corrected chi connectivity index (χ2v) is 8.17. The lowest BCUT2D eigenvalue weighted by Crippen LogP contribution is -2.23. The van der Waals surface area contributed by atoms with Gasteiger partial charge in [-0.25, -0.2) is 4.79 Å². The minimum atomic E-state index is -0.668. The molecular formula is C19H23N3O5S. The van der Waals surface area contributed by atoms with E-state index in [1.807, 2.05) is 13.8 Å². The van der Waals surface area contributed by atoms with E-state index in [9.17, 15) is 14.4 Å². The number of hydrogen-bond acceptors (Lipinski definition) is 7. The first-order valence-electron chi connectivity index (χ1n) is 9.17. The molecular weight excluding hydrogens is 382 g/mol. The van der Waals surface area contributed by atoms with Crippen molar-refractivity contribution in [1.29, 1.82) is 0 Å². The monoisotopic (exact) mass is 405 g/mol. The summed E-state index contributed by atoms with van der Waals surface area (Å²) in [5.74, 6) is -1.39. The van der Waals surface area contributed by atoms with Crippen LogP contribution in [-0.4, -0.2) is 29.5 Å². The van der Waals surface area contributed by atoms with Gasteiger partial charge in [0.25, 0.3) is 11.8 Å². The number of hydrogen-bond donors (Lipinski definition) is 2. The molecule has 0 spiro atoms. The van der Waals surface area contributed by atoms with Gasteiger partial charge >= 0.3 is 5.97 Å². The topological polar surface area (TPSA) is 125 Å². The van der Waals surface area contributed by atoms with Crippen molar-refractivity contribution in [2.24, 2.45) is 5.73 Å². The van der Waals surface area contributed by atoms with Crippen LogP contribution in [0.1, 0.15) is 75.2 Å². The molecule has 150 valence electrons. The van der Waals surface area contributed by atoms with E-state index in [0.29, 0.717) is 22.0 Å². The maximum Gasteiger partial charge on any atom is 0.344 e. The first kappa shape index (κ1) is 20.1. The number of anilines is 1. The Morgan fingerprint density at radius 3 is 2.64 bits per heavy atom. The van der Waals surface area contributed by atoms with Crippen LogP contribution >= 0.6 is 11.3 Å². The Morgan fingerprint density at radius 2 is 1.96 bits per heavy atom. The molecule has 1 aliphatic carbocycles. The van der Waals surface area contributed by atoms with Crippen molar-refractivity contribution in [2.75, 3.05) is 11.9 Å². The Labute approximate surface area is 166 Å². The molecule has 3 rings (SSSR count). The highest BCUT2D eigenvalue weighted by molar-refractivity contribution is 7.17. The van der Waals surface area contributed by atoms with Gasteiger partial charge in [0.1, 0.15) is 10.6 Å². The van der Waals surface area contributed by atoms with Crippen LogP contribution in [0.25, 0.3) is 0 Å². The molecule has 0 unspecified atom stereocenters. The second-order valence-electron chi connectivity index (χ2n) is 7.07. The lowest BCUT2D eigenvalue weighted by atomic mass is 9.95. The quantitative estimate of drug-likeness (QED) is 0.712. The van der Waals surface area contributed by atoms with E-state index in [2.05, 4.69) is 10.5 Å². The summed E-state index contributed by atoms with van der Waals surface area (Å²) < 4.78 is 10.3. The summed E-state index contributed by atoms with van der Waals surface area (Å²) in [7, 11) is 0. The van der Waals surface area contributed by atoms with Crippen LogP contribution in [0.4, 0.5) is 5.00 Å². The van der Waals surface area contributed by atoms with Gasteiger partial charge in [0.05, 0.1) is 11.3 Å². The molecule has 0 aromatic carbocycles. The first-order chi connectivity index (χ1) is 13.3. The molecule has 0 bridgehead atoms. The number of rotatable bonds is 6. The van der Waals surface area contributed by atoms with Crippen LogP contribution in [0.3, 0.4) is 0 Å². The second kappa shape index (κ2) is 8.14. The van der Waals surface area contributed by atoms with Gasteiger partial charge in [0, 0.05) is 10.8 Å². The number of primary amides is 1. The van der Waals surface area contributed by atoms with E-state index in [-0.39, 0.29) is 11.5 Å². The molecule has 9 heteroatoms. The van der Waals surface area contributed by atoms with Crippen molar-refractivity contribution in [3.05, 3.63) is 33.0 Å². The minimum absolute atomic E-state index is 0.0480. The van der Waals surface area contributed by atoms with Crippen LogP contribution < -0.4 is 11.1 Å². The average molecular weight is 405 g/mol. The van der Waals surface area contributed by atoms with E-state index < -0.39 is 24.4 Å². The molecule has 0 fully saturated rings. The smallest absolute Gasteiger partial charge is 0.344 e. The van der Waals surface area contributed by atoms with E-state index in [1.54, 1.807) is 6.92 Å². The highest BCUT2D eigenvalue weighted by Gasteiger charge is 2.27. The third kappa shape index (κ3) is 3.94. The fourth-order valence-electron chi connectivity index (χ4n) is 3.31. The lowest BCUT2D eigenvalue weighted by molar-refractivity contribution is -0.119. The van der Waals surface area contributed by atoms with Crippen molar-refractivity contribution in [2.45, 2.75) is 52.4 Å². The molecule has 2 heterocycles.